The van der Waals surface area contributed by atoms with Crippen LogP contribution in [0.2, 0.25) is 0 Å². The fraction of sp³-hybridized carbons (Fsp3) is 0.429. The zero-order valence-electron chi connectivity index (χ0n) is 37.6. The lowest BCUT2D eigenvalue weighted by atomic mass is 9.92. The van der Waals surface area contributed by atoms with Gasteiger partial charge in [0.2, 0.25) is 17.7 Å². The first kappa shape index (κ1) is 43.3. The maximum Gasteiger partial charge on any atom is 0.329 e. The highest BCUT2D eigenvalue weighted by Crippen LogP contribution is 2.44. The van der Waals surface area contributed by atoms with E-state index in [4.69, 9.17) is 5.10 Å². The first-order chi connectivity index (χ1) is 31.9. The van der Waals surface area contributed by atoms with Crippen molar-refractivity contribution in [2.75, 3.05) is 42.9 Å². The van der Waals surface area contributed by atoms with Gasteiger partial charge in [-0.05, 0) is 91.1 Å². The molecular formula is C49H55F2N11O4. The monoisotopic (exact) mass is 899 g/mol. The van der Waals surface area contributed by atoms with Crippen LogP contribution in [0.15, 0.2) is 71.8 Å². The number of nitrogens with one attached hydrogen (secondary N) is 2. The molecule has 66 heavy (non-hydrogen) atoms. The molecule has 0 saturated carbocycles. The van der Waals surface area contributed by atoms with E-state index in [1.165, 1.54) is 14.7 Å². The lowest BCUT2D eigenvalue weighted by molar-refractivity contribution is -0.135. The summed E-state index contributed by atoms with van der Waals surface area (Å²) in [6.07, 6.45) is 6.38. The number of likely N-dealkylation sites (tertiary alicyclic amines) is 1. The van der Waals surface area contributed by atoms with Crippen LogP contribution in [-0.2, 0) is 60.8 Å². The van der Waals surface area contributed by atoms with Crippen LogP contribution in [0.25, 0.3) is 22.2 Å². The molecule has 0 spiro atoms. The molecule has 1 unspecified atom stereocenters. The van der Waals surface area contributed by atoms with Gasteiger partial charge in [0.25, 0.3) is 6.43 Å². The Morgan fingerprint density at radius 3 is 2.42 bits per heavy atom. The molecule has 344 valence electrons. The third-order valence-corrected chi connectivity index (χ3v) is 14.1. The Hall–Kier alpha value is -6.62. The highest BCUT2D eigenvalue weighted by atomic mass is 19.3. The van der Waals surface area contributed by atoms with E-state index in [0.717, 1.165) is 91.3 Å². The fourth-order valence-corrected chi connectivity index (χ4v) is 10.5. The summed E-state index contributed by atoms with van der Waals surface area (Å²) in [6, 6.07) is 17.4. The Morgan fingerprint density at radius 1 is 0.909 bits per heavy atom. The SMILES string of the molecule is CC(=O)N1CCc2c(c(N3CCCc4cc(-c5cnn(C)c5)c(C(F)F)cc43)nn2C2CCN(CCc3ccc(CNc4ccc5c(c4)n(C)c(=O)n5C4CCC(=O)NC4=O)cc3)CC2)C1. The van der Waals surface area contributed by atoms with Gasteiger partial charge in [-0.25, -0.2) is 13.6 Å². The minimum atomic E-state index is -2.66. The van der Waals surface area contributed by atoms with Crippen molar-refractivity contribution in [2.24, 2.45) is 14.1 Å². The number of rotatable bonds is 11. The predicted octanol–water partition coefficient (Wildman–Crippen LogP) is 6.33. The highest BCUT2D eigenvalue weighted by molar-refractivity contribution is 6.00. The summed E-state index contributed by atoms with van der Waals surface area (Å²) in [6.45, 7) is 6.75. The summed E-state index contributed by atoms with van der Waals surface area (Å²) >= 11 is 0. The molecule has 1 atom stereocenters. The van der Waals surface area contributed by atoms with Crippen LogP contribution >= 0.6 is 0 Å². The van der Waals surface area contributed by atoms with Gasteiger partial charge in [0.15, 0.2) is 5.82 Å². The molecule has 2 N–H and O–H groups in total. The summed E-state index contributed by atoms with van der Waals surface area (Å²) in [7, 11) is 3.48. The number of imide groups is 1. The molecule has 17 heteroatoms. The first-order valence-corrected chi connectivity index (χ1v) is 23.1. The number of piperidine rings is 2. The molecular weight excluding hydrogens is 845 g/mol. The van der Waals surface area contributed by atoms with E-state index in [-0.39, 0.29) is 35.5 Å². The zero-order chi connectivity index (χ0) is 45.8. The smallest absolute Gasteiger partial charge is 0.329 e. The molecule has 2 fully saturated rings. The van der Waals surface area contributed by atoms with Crippen molar-refractivity contribution in [1.82, 2.24) is 43.8 Å². The van der Waals surface area contributed by atoms with Crippen molar-refractivity contribution in [1.29, 1.82) is 0 Å². The van der Waals surface area contributed by atoms with Gasteiger partial charge in [0.1, 0.15) is 6.04 Å². The summed E-state index contributed by atoms with van der Waals surface area (Å²) in [5.41, 5.74) is 9.42. The molecule has 0 bridgehead atoms. The number of carbonyl (C=O) groups excluding carboxylic acids is 3. The number of benzene rings is 3. The number of aromatic nitrogens is 6. The van der Waals surface area contributed by atoms with Crippen molar-refractivity contribution >= 4 is 45.9 Å². The number of imidazole rings is 1. The molecule has 0 radical (unpaired) electrons. The predicted molar refractivity (Wildman–Crippen MR) is 247 cm³/mol. The number of aryl methyl sites for hydroxylation is 3. The Kier molecular flexibility index (Phi) is 11.6. The Bertz CT molecular complexity index is 2910. The Morgan fingerprint density at radius 2 is 1.70 bits per heavy atom. The minimum absolute atomic E-state index is 0.0175. The van der Waals surface area contributed by atoms with Gasteiger partial charge in [-0.3, -0.25) is 38.2 Å². The largest absolute Gasteiger partial charge is 0.381 e. The number of fused-ring (bicyclic) bond motifs is 3. The fourth-order valence-electron chi connectivity index (χ4n) is 10.5. The number of nitrogens with zero attached hydrogens (tertiary/aromatic N) is 9. The average molecular weight is 900 g/mol. The van der Waals surface area contributed by atoms with Gasteiger partial charge >= 0.3 is 5.69 Å². The van der Waals surface area contributed by atoms with Crippen molar-refractivity contribution in [2.45, 2.75) is 89.9 Å². The standard InChI is InChI=1S/C49H55F2N11O4/c1-30(63)59-22-17-40-39(29-59)47(60-18-4-5-33-23-37(34-27-53-56(2)28-34)38(46(50)51)25-43(33)60)55-62(40)36-15-20-58(21-16-36)19-14-31-6-8-32(9-7-31)26-52-35-10-11-41-44(24-35)57(3)49(66)61(41)42-12-13-45(64)54-48(42)65/h6-11,23-25,27-28,36,42,46,52H,4-5,12-22,26,29H2,1-3H3,(H,54,64,65). The third-order valence-electron chi connectivity index (χ3n) is 14.1. The molecule has 10 rings (SSSR count). The molecule has 7 heterocycles. The van der Waals surface area contributed by atoms with E-state index in [2.05, 4.69) is 54.5 Å². The molecule has 3 amide bonds. The molecule has 6 aromatic rings. The molecule has 15 nitrogen and oxygen atoms in total. The van der Waals surface area contributed by atoms with Crippen molar-refractivity contribution in [3.63, 3.8) is 0 Å². The molecule has 4 aliphatic rings. The van der Waals surface area contributed by atoms with E-state index >= 15 is 0 Å². The number of anilines is 3. The zero-order valence-corrected chi connectivity index (χ0v) is 37.6. The second-order valence-electron chi connectivity index (χ2n) is 18.3. The average Bonchev–Trinajstić information content (AvgIpc) is 4.00. The van der Waals surface area contributed by atoms with E-state index in [0.29, 0.717) is 61.2 Å². The van der Waals surface area contributed by atoms with Crippen LogP contribution in [-0.4, -0.2) is 88.9 Å². The summed E-state index contributed by atoms with van der Waals surface area (Å²) in [5, 5.41) is 15.4. The maximum atomic E-state index is 14.7. The topological polar surface area (TPSA) is 148 Å². The van der Waals surface area contributed by atoms with Crippen LogP contribution in [0.3, 0.4) is 0 Å². The van der Waals surface area contributed by atoms with Gasteiger partial charge in [-0.1, -0.05) is 24.3 Å². The van der Waals surface area contributed by atoms with Gasteiger partial charge in [-0.2, -0.15) is 10.2 Å². The number of hydrogen-bond donors (Lipinski definition) is 2. The Balaban J connectivity index is 0.784. The van der Waals surface area contributed by atoms with Crippen LogP contribution in [0.5, 0.6) is 0 Å². The molecule has 2 saturated heterocycles. The van der Waals surface area contributed by atoms with Crippen molar-refractivity contribution < 1.29 is 23.2 Å². The van der Waals surface area contributed by atoms with Crippen molar-refractivity contribution in [3.8, 4) is 11.1 Å². The van der Waals surface area contributed by atoms with E-state index in [9.17, 15) is 28.0 Å². The van der Waals surface area contributed by atoms with Gasteiger partial charge in [0.05, 0.1) is 29.8 Å². The lowest BCUT2D eigenvalue weighted by Gasteiger charge is -2.34. The number of alkyl halides is 2. The van der Waals surface area contributed by atoms with Gasteiger partial charge in [0, 0.05) is 113 Å². The van der Waals surface area contributed by atoms with E-state index in [1.54, 1.807) is 44.2 Å². The number of hydrogen-bond acceptors (Lipinski definition) is 9. The number of amides is 3. The van der Waals surface area contributed by atoms with Crippen LogP contribution in [0.4, 0.5) is 26.0 Å². The molecule has 3 aromatic carbocycles. The summed E-state index contributed by atoms with van der Waals surface area (Å²) < 4.78 is 36.3. The lowest BCUT2D eigenvalue weighted by Crippen LogP contribution is -2.44. The Labute approximate surface area is 380 Å². The molecule has 4 aliphatic heterocycles. The van der Waals surface area contributed by atoms with Crippen LogP contribution in [0, 0.1) is 0 Å². The normalized spacial score (nSPS) is 18.2. The van der Waals surface area contributed by atoms with Crippen LogP contribution < -0.4 is 21.2 Å². The summed E-state index contributed by atoms with van der Waals surface area (Å²) in [5.74, 6) is 0.0305. The molecule has 3 aromatic heterocycles. The van der Waals surface area contributed by atoms with E-state index < -0.39 is 18.4 Å². The first-order valence-electron chi connectivity index (χ1n) is 23.1. The second kappa shape index (κ2) is 17.6. The second-order valence-corrected chi connectivity index (χ2v) is 18.3. The maximum absolute atomic E-state index is 14.7. The third kappa shape index (κ3) is 8.17. The molecule has 0 aliphatic carbocycles. The van der Waals surface area contributed by atoms with E-state index in [1.807, 2.05) is 29.2 Å². The number of carbonyl (C=O) groups is 3. The number of halogens is 2. The summed E-state index contributed by atoms with van der Waals surface area (Å²) in [4.78, 5) is 56.7. The minimum Gasteiger partial charge on any atom is -0.381 e. The quantitative estimate of drug-likeness (QED) is 0.143. The highest BCUT2D eigenvalue weighted by Gasteiger charge is 2.35. The van der Waals surface area contributed by atoms with Crippen molar-refractivity contribution in [3.05, 3.63) is 111 Å². The van der Waals surface area contributed by atoms with Gasteiger partial charge < -0.3 is 20.0 Å². The van der Waals surface area contributed by atoms with Gasteiger partial charge in [-0.15, -0.1) is 0 Å². The van der Waals surface area contributed by atoms with Crippen LogP contribution in [0.1, 0.15) is 91.0 Å².